The van der Waals surface area contributed by atoms with Crippen LogP contribution in [0.25, 0.3) is 0 Å². The van der Waals surface area contributed by atoms with Crippen molar-refractivity contribution in [1.29, 1.82) is 0 Å². The first-order valence-electron chi connectivity index (χ1n) is 10.4. The maximum absolute atomic E-state index is 12.2. The van der Waals surface area contributed by atoms with Gasteiger partial charge in [-0.15, -0.1) is 0 Å². The van der Waals surface area contributed by atoms with Gasteiger partial charge in [0.1, 0.15) is 11.7 Å². The number of fused-ring (bicyclic) bond motifs is 3. The van der Waals surface area contributed by atoms with Gasteiger partial charge in [0.15, 0.2) is 28.6 Å². The molecule has 170 valence electrons. The number of hydrogen-bond donors (Lipinski definition) is 0. The summed E-state index contributed by atoms with van der Waals surface area (Å²) in [5.74, 6) is 1.71. The molecule has 1 aliphatic carbocycles. The number of esters is 1. The highest BCUT2D eigenvalue weighted by atomic mass is 16.6. The highest BCUT2D eigenvalue weighted by Gasteiger charge is 2.73. The van der Waals surface area contributed by atoms with Crippen LogP contribution in [0.2, 0.25) is 0 Å². The summed E-state index contributed by atoms with van der Waals surface area (Å²) in [4.78, 5) is 12.2. The molecule has 0 radical (unpaired) electrons. The molecule has 0 unspecified atom stereocenters. The van der Waals surface area contributed by atoms with Gasteiger partial charge >= 0.3 is 5.97 Å². The largest absolute Gasteiger partial charge is 0.493 e. The van der Waals surface area contributed by atoms with Gasteiger partial charge in [0, 0.05) is 6.92 Å². The molecule has 4 atom stereocenters. The standard InChI is InChI=1S/C24H26O8/c1-13(25)32-23-12-31-24(14-6-7-17(26-2)18(8-14)27-3)16-10-20(29-5)19(28-4)9-15(16)22(23)30-11-21(23)24/h6-10,21-22H,11-12H2,1-5H3/t21-,22-,23+,24-/m0/s1. The van der Waals surface area contributed by atoms with Crippen LogP contribution in [-0.2, 0) is 24.6 Å². The molecule has 0 N–H and O–H groups in total. The lowest BCUT2D eigenvalue weighted by Crippen LogP contribution is -2.51. The van der Waals surface area contributed by atoms with Crippen LogP contribution >= 0.6 is 0 Å². The van der Waals surface area contributed by atoms with E-state index in [4.69, 9.17) is 33.2 Å². The van der Waals surface area contributed by atoms with Crippen LogP contribution in [0.5, 0.6) is 23.0 Å². The summed E-state index contributed by atoms with van der Waals surface area (Å²) in [6.07, 6.45) is -0.470. The Balaban J connectivity index is 1.80. The van der Waals surface area contributed by atoms with Gasteiger partial charge < -0.3 is 33.2 Å². The van der Waals surface area contributed by atoms with Crippen LogP contribution in [0.1, 0.15) is 29.7 Å². The van der Waals surface area contributed by atoms with E-state index in [1.807, 2.05) is 30.3 Å². The Kier molecular flexibility index (Phi) is 4.76. The highest BCUT2D eigenvalue weighted by molar-refractivity contribution is 5.68. The number of ether oxygens (including phenoxy) is 7. The van der Waals surface area contributed by atoms with Crippen molar-refractivity contribution in [3.8, 4) is 23.0 Å². The molecule has 0 spiro atoms. The van der Waals surface area contributed by atoms with Gasteiger partial charge in [-0.25, -0.2) is 0 Å². The van der Waals surface area contributed by atoms with Gasteiger partial charge in [0.25, 0.3) is 0 Å². The Bertz CT molecular complexity index is 1080. The maximum atomic E-state index is 12.2. The molecule has 2 fully saturated rings. The predicted molar refractivity (Wildman–Crippen MR) is 113 cm³/mol. The van der Waals surface area contributed by atoms with Crippen molar-refractivity contribution in [2.24, 2.45) is 5.92 Å². The molecule has 0 amide bonds. The summed E-state index contributed by atoms with van der Waals surface area (Å²) in [6.45, 7) is 1.98. The summed E-state index contributed by atoms with van der Waals surface area (Å²) in [6, 6.07) is 9.53. The zero-order valence-electron chi connectivity index (χ0n) is 18.7. The monoisotopic (exact) mass is 442 g/mol. The highest BCUT2D eigenvalue weighted by Crippen LogP contribution is 2.66. The summed E-state index contributed by atoms with van der Waals surface area (Å²) >= 11 is 0. The van der Waals surface area contributed by atoms with Crippen LogP contribution in [0.15, 0.2) is 30.3 Å². The van der Waals surface area contributed by atoms with E-state index in [0.29, 0.717) is 29.6 Å². The van der Waals surface area contributed by atoms with Crippen LogP contribution in [-0.4, -0.2) is 53.2 Å². The van der Waals surface area contributed by atoms with Crippen molar-refractivity contribution in [2.45, 2.75) is 24.2 Å². The zero-order chi connectivity index (χ0) is 22.7. The van der Waals surface area contributed by atoms with Crippen molar-refractivity contribution < 1.29 is 38.0 Å². The molecule has 8 heteroatoms. The number of hydrogen-bond acceptors (Lipinski definition) is 8. The minimum atomic E-state index is -0.939. The third-order valence-corrected chi connectivity index (χ3v) is 6.86. The number of carbonyl (C=O) groups excluding carboxylic acids is 1. The zero-order valence-corrected chi connectivity index (χ0v) is 18.7. The minimum absolute atomic E-state index is 0.204. The first kappa shape index (κ1) is 20.9. The molecule has 0 aromatic heterocycles. The first-order chi connectivity index (χ1) is 15.4. The van der Waals surface area contributed by atoms with E-state index in [9.17, 15) is 4.79 Å². The van der Waals surface area contributed by atoms with E-state index >= 15 is 0 Å². The average Bonchev–Trinajstić information content (AvgIpc) is 3.23. The maximum Gasteiger partial charge on any atom is 0.303 e. The van der Waals surface area contributed by atoms with Gasteiger partial charge in [-0.3, -0.25) is 4.79 Å². The fourth-order valence-electron chi connectivity index (χ4n) is 5.60. The second-order valence-electron chi connectivity index (χ2n) is 8.20. The van der Waals surface area contributed by atoms with Crippen LogP contribution in [0, 0.1) is 5.92 Å². The normalized spacial score (nSPS) is 29.3. The Morgan fingerprint density at radius 3 is 2.25 bits per heavy atom. The third kappa shape index (κ3) is 2.53. The fourth-order valence-corrected chi connectivity index (χ4v) is 5.60. The van der Waals surface area contributed by atoms with E-state index < -0.39 is 17.3 Å². The van der Waals surface area contributed by atoms with E-state index in [1.165, 1.54) is 6.92 Å². The van der Waals surface area contributed by atoms with E-state index in [1.54, 1.807) is 28.4 Å². The van der Waals surface area contributed by atoms with Crippen molar-refractivity contribution in [2.75, 3.05) is 41.7 Å². The Labute approximate surface area is 186 Å². The van der Waals surface area contributed by atoms with Crippen LogP contribution in [0.3, 0.4) is 0 Å². The SMILES string of the molecule is COc1ccc([C@@]23OC[C@@]4(OC(C)=O)[C@@H]2CO[C@H]4c2cc(OC)c(OC)cc23)cc1OC. The molecule has 8 nitrogen and oxygen atoms in total. The van der Waals surface area contributed by atoms with E-state index in [2.05, 4.69) is 0 Å². The average molecular weight is 442 g/mol. The third-order valence-electron chi connectivity index (χ3n) is 6.86. The Morgan fingerprint density at radius 1 is 0.938 bits per heavy atom. The lowest BCUT2D eigenvalue weighted by Gasteiger charge is -2.43. The minimum Gasteiger partial charge on any atom is -0.493 e. The molecule has 3 aliphatic rings. The summed E-state index contributed by atoms with van der Waals surface area (Å²) in [7, 11) is 6.37. The van der Waals surface area contributed by atoms with Crippen molar-refractivity contribution in [1.82, 2.24) is 0 Å². The Morgan fingerprint density at radius 2 is 1.59 bits per heavy atom. The van der Waals surface area contributed by atoms with Crippen LogP contribution < -0.4 is 18.9 Å². The van der Waals surface area contributed by atoms with Gasteiger partial charge in [0.05, 0.1) is 47.6 Å². The smallest absolute Gasteiger partial charge is 0.303 e. The number of methoxy groups -OCH3 is 4. The molecule has 2 heterocycles. The van der Waals surface area contributed by atoms with Gasteiger partial charge in [-0.2, -0.15) is 0 Å². The molecular formula is C24H26O8. The quantitative estimate of drug-likeness (QED) is 0.632. The number of carbonyl (C=O) groups is 1. The molecular weight excluding hydrogens is 416 g/mol. The molecule has 5 rings (SSSR count). The molecule has 2 aromatic rings. The van der Waals surface area contributed by atoms with Crippen LogP contribution in [0.4, 0.5) is 0 Å². The first-order valence-corrected chi connectivity index (χ1v) is 10.4. The summed E-state index contributed by atoms with van der Waals surface area (Å²) < 4.78 is 41.0. The molecule has 0 saturated carbocycles. The second kappa shape index (κ2) is 7.28. The lowest BCUT2D eigenvalue weighted by atomic mass is 9.64. The predicted octanol–water partition coefficient (Wildman–Crippen LogP) is 3.00. The summed E-state index contributed by atoms with van der Waals surface area (Å²) in [5, 5.41) is 0. The molecule has 2 aliphatic heterocycles. The topological polar surface area (TPSA) is 81.7 Å². The fraction of sp³-hybridized carbons (Fsp3) is 0.458. The van der Waals surface area contributed by atoms with Crippen molar-refractivity contribution in [3.05, 3.63) is 47.0 Å². The van der Waals surface area contributed by atoms with E-state index in [-0.39, 0.29) is 18.5 Å². The second-order valence-corrected chi connectivity index (χ2v) is 8.20. The lowest BCUT2D eigenvalue weighted by molar-refractivity contribution is -0.167. The molecule has 2 saturated heterocycles. The Hall–Kier alpha value is -2.97. The summed E-state index contributed by atoms with van der Waals surface area (Å²) in [5.41, 5.74) is 0.731. The molecule has 32 heavy (non-hydrogen) atoms. The number of rotatable bonds is 6. The van der Waals surface area contributed by atoms with E-state index in [0.717, 1.165) is 16.7 Å². The van der Waals surface area contributed by atoms with Gasteiger partial charge in [-0.1, -0.05) is 6.07 Å². The number of benzene rings is 2. The van der Waals surface area contributed by atoms with Crippen molar-refractivity contribution in [3.63, 3.8) is 0 Å². The van der Waals surface area contributed by atoms with Gasteiger partial charge in [0.2, 0.25) is 0 Å². The van der Waals surface area contributed by atoms with Gasteiger partial charge in [-0.05, 0) is 41.0 Å². The molecule has 2 aromatic carbocycles. The van der Waals surface area contributed by atoms with Crippen molar-refractivity contribution >= 4 is 5.97 Å². The molecule has 4 bridgehead atoms.